The topological polar surface area (TPSA) is 123 Å². The molecule has 1 aliphatic rings. The lowest BCUT2D eigenvalue weighted by Crippen LogP contribution is -2.04. The molecule has 0 bridgehead atoms. The molecule has 6 nitrogen and oxygen atoms in total. The monoisotopic (exact) mass is 566 g/mol. The van der Waals surface area contributed by atoms with Gasteiger partial charge in [-0.05, 0) is 46.5 Å². The smallest absolute Gasteiger partial charge is 0.252 e. The van der Waals surface area contributed by atoms with Crippen LogP contribution in [-0.2, 0) is 0 Å². The summed E-state index contributed by atoms with van der Waals surface area (Å²) in [4.78, 5) is 4.94. The summed E-state index contributed by atoms with van der Waals surface area (Å²) in [6.07, 6.45) is 0. The van der Waals surface area contributed by atoms with Gasteiger partial charge >= 0.3 is 0 Å². The molecule has 4 aromatic rings. The van der Waals surface area contributed by atoms with E-state index >= 15 is 0 Å². The van der Waals surface area contributed by atoms with Gasteiger partial charge in [-0.2, -0.15) is 43.3 Å². The van der Waals surface area contributed by atoms with Crippen LogP contribution in [0, 0.1) is 81.1 Å². The van der Waals surface area contributed by atoms with Crippen LogP contribution in [0.4, 0.5) is 35.1 Å². The number of allylic oxidation sites excluding steroid dienone is 1. The Hall–Kier alpha value is -5.81. The first-order chi connectivity index (χ1) is 19.4. The van der Waals surface area contributed by atoms with Gasteiger partial charge in [-0.25, -0.2) is 17.6 Å². The zero-order valence-electron chi connectivity index (χ0n) is 19.6. The number of nitriles is 3. The van der Waals surface area contributed by atoms with E-state index in [-0.39, 0.29) is 27.8 Å². The molecule has 0 spiro atoms. The molecule has 0 saturated heterocycles. The lowest BCUT2D eigenvalue weighted by atomic mass is 9.91. The number of aromatic nitrogens is 2. The molecule has 5 rings (SSSR count). The van der Waals surface area contributed by atoms with Crippen molar-refractivity contribution in [2.45, 2.75) is 0 Å². The highest BCUT2D eigenvalue weighted by Crippen LogP contribution is 2.50. The van der Waals surface area contributed by atoms with Gasteiger partial charge < -0.3 is 5.73 Å². The molecule has 0 aliphatic heterocycles. The van der Waals surface area contributed by atoms with E-state index < -0.39 is 86.1 Å². The zero-order valence-corrected chi connectivity index (χ0v) is 19.6. The Morgan fingerprint density at radius 3 is 1.17 bits per heavy atom. The normalized spacial score (nSPS) is 11.4. The van der Waals surface area contributed by atoms with Gasteiger partial charge in [0.1, 0.15) is 11.8 Å². The van der Waals surface area contributed by atoms with E-state index in [9.17, 15) is 50.9 Å². The van der Waals surface area contributed by atoms with E-state index in [4.69, 9.17) is 5.73 Å². The molecular formula is C27H6F8N6. The number of hydrogen-bond acceptors (Lipinski definition) is 6. The predicted octanol–water partition coefficient (Wildman–Crippen LogP) is 5.89. The highest BCUT2D eigenvalue weighted by Gasteiger charge is 2.33. The molecule has 0 fully saturated rings. The maximum atomic E-state index is 14.7. The van der Waals surface area contributed by atoms with Crippen LogP contribution in [0.2, 0.25) is 0 Å². The molecule has 2 heterocycles. The lowest BCUT2D eigenvalue weighted by molar-refractivity contribution is 0.410. The largest absolute Gasteiger partial charge is 0.390 e. The number of halogens is 8. The maximum Gasteiger partial charge on any atom is 0.252 e. The number of hydrogen-bond donors (Lipinski definition) is 1. The molecule has 0 atom stereocenters. The Morgan fingerprint density at radius 2 is 0.878 bits per heavy atom. The molecule has 2 N–H and O–H groups in total. The van der Waals surface area contributed by atoms with Crippen LogP contribution >= 0.6 is 0 Å². The maximum absolute atomic E-state index is 14.7. The van der Waals surface area contributed by atoms with Gasteiger partial charge in [-0.1, -0.05) is 0 Å². The Labute approximate surface area is 223 Å². The number of benzene rings is 2. The number of fused-ring (bicyclic) bond motifs is 3. The van der Waals surface area contributed by atoms with Crippen molar-refractivity contribution < 1.29 is 35.1 Å². The Balaban J connectivity index is 1.94. The van der Waals surface area contributed by atoms with Crippen molar-refractivity contribution in [1.29, 1.82) is 15.8 Å². The van der Waals surface area contributed by atoms with Crippen LogP contribution in [0.15, 0.2) is 30.0 Å². The molecule has 0 unspecified atom stereocenters. The van der Waals surface area contributed by atoms with Crippen molar-refractivity contribution in [3.8, 4) is 51.6 Å². The lowest BCUT2D eigenvalue weighted by Gasteiger charge is -2.13. The third kappa shape index (κ3) is 3.83. The quantitative estimate of drug-likeness (QED) is 0.162. The fourth-order valence-corrected chi connectivity index (χ4v) is 4.60. The van der Waals surface area contributed by atoms with Gasteiger partial charge in [0.25, 0.3) is 23.8 Å². The SMILES string of the molecule is N#CC(N)=C1c2cc(C#N)c(-c3c(F)c(F)nc(F)c3F)cc2-c2cc(-c3c(F)c(F)nc(F)c3F)c(C#N)cc21. The van der Waals surface area contributed by atoms with Crippen LogP contribution in [-0.4, -0.2) is 9.97 Å². The van der Waals surface area contributed by atoms with Crippen LogP contribution < -0.4 is 5.73 Å². The van der Waals surface area contributed by atoms with E-state index in [0.717, 1.165) is 24.3 Å². The number of pyridine rings is 2. The average Bonchev–Trinajstić information content (AvgIpc) is 3.26. The molecule has 0 saturated carbocycles. The zero-order chi connectivity index (χ0) is 29.9. The van der Waals surface area contributed by atoms with Crippen molar-refractivity contribution in [3.63, 3.8) is 0 Å². The summed E-state index contributed by atoms with van der Waals surface area (Å²) >= 11 is 0. The molecule has 0 amide bonds. The van der Waals surface area contributed by atoms with Gasteiger partial charge in [0.2, 0.25) is 0 Å². The van der Waals surface area contributed by atoms with Crippen LogP contribution in [0.25, 0.3) is 39.0 Å². The minimum Gasteiger partial charge on any atom is -0.390 e. The molecule has 1 aliphatic carbocycles. The van der Waals surface area contributed by atoms with Crippen LogP contribution in [0.5, 0.6) is 0 Å². The summed E-state index contributed by atoms with van der Waals surface area (Å²) in [7, 11) is 0. The van der Waals surface area contributed by atoms with Crippen molar-refractivity contribution in [2.75, 3.05) is 0 Å². The summed E-state index contributed by atoms with van der Waals surface area (Å²) < 4.78 is 114. The molecular weight excluding hydrogens is 560 g/mol. The standard InChI is InChI=1S/C27H6F8N6/c28-20-18(21(29)25(33)40-24(20)32)10-3-12-13-4-11(19-22(30)26(34)41-27(35)23(19)31)9(6-37)2-15(13)17(16(39)7-38)14(12)1-8(10)5-36/h1-4H,39H2. The molecule has 0 radical (unpaired) electrons. The van der Waals surface area contributed by atoms with Gasteiger partial charge in [0.05, 0.1) is 34.4 Å². The van der Waals surface area contributed by atoms with E-state index in [0.29, 0.717) is 0 Å². The minimum absolute atomic E-state index is 0.0516. The van der Waals surface area contributed by atoms with Gasteiger partial charge in [0, 0.05) is 16.7 Å². The first-order valence-corrected chi connectivity index (χ1v) is 10.9. The number of nitrogens with zero attached hydrogens (tertiary/aromatic N) is 5. The minimum atomic E-state index is -2.02. The third-order valence-corrected chi connectivity index (χ3v) is 6.31. The van der Waals surface area contributed by atoms with E-state index in [1.807, 2.05) is 0 Å². The highest BCUT2D eigenvalue weighted by molar-refractivity contribution is 6.06. The summed E-state index contributed by atoms with van der Waals surface area (Å²) in [6, 6.07) is 8.65. The van der Waals surface area contributed by atoms with Gasteiger partial charge in [0.15, 0.2) is 23.3 Å². The Morgan fingerprint density at radius 1 is 0.537 bits per heavy atom. The highest BCUT2D eigenvalue weighted by atomic mass is 19.2. The second kappa shape index (κ2) is 9.43. The average molecular weight is 566 g/mol. The van der Waals surface area contributed by atoms with Gasteiger partial charge in [-0.3, -0.25) is 0 Å². The van der Waals surface area contributed by atoms with Crippen LogP contribution in [0.1, 0.15) is 22.3 Å². The molecule has 2 aromatic carbocycles. The van der Waals surface area contributed by atoms with Crippen molar-refractivity contribution in [3.05, 3.63) is 99.3 Å². The number of rotatable bonds is 2. The fourth-order valence-electron chi connectivity index (χ4n) is 4.60. The van der Waals surface area contributed by atoms with E-state index in [1.54, 1.807) is 18.2 Å². The fraction of sp³-hybridized carbons (Fsp3) is 0. The van der Waals surface area contributed by atoms with Crippen molar-refractivity contribution >= 4 is 5.57 Å². The van der Waals surface area contributed by atoms with E-state index in [2.05, 4.69) is 9.97 Å². The first-order valence-electron chi connectivity index (χ1n) is 10.9. The van der Waals surface area contributed by atoms with Crippen LogP contribution in [0.3, 0.4) is 0 Å². The summed E-state index contributed by atoms with van der Waals surface area (Å²) in [5.41, 5.74) is -0.216. The van der Waals surface area contributed by atoms with E-state index in [1.165, 1.54) is 0 Å². The summed E-state index contributed by atoms with van der Waals surface area (Å²) in [5.74, 6) is -15.9. The second-order valence-electron chi connectivity index (χ2n) is 8.40. The molecule has 41 heavy (non-hydrogen) atoms. The molecule has 200 valence electrons. The number of nitrogens with two attached hydrogens (primary N) is 1. The van der Waals surface area contributed by atoms with Gasteiger partial charge in [-0.15, -0.1) is 0 Å². The second-order valence-corrected chi connectivity index (χ2v) is 8.40. The third-order valence-electron chi connectivity index (χ3n) is 6.31. The molecule has 2 aromatic heterocycles. The Bertz CT molecular complexity index is 1850. The summed E-state index contributed by atoms with van der Waals surface area (Å²) in [6.45, 7) is 0. The van der Waals surface area contributed by atoms with Crippen molar-refractivity contribution in [2.24, 2.45) is 5.73 Å². The summed E-state index contributed by atoms with van der Waals surface area (Å²) in [5, 5.41) is 28.9. The first kappa shape index (κ1) is 26.8. The predicted molar refractivity (Wildman–Crippen MR) is 123 cm³/mol. The molecule has 14 heteroatoms. The Kier molecular flexibility index (Phi) is 6.16. The van der Waals surface area contributed by atoms with Crippen molar-refractivity contribution in [1.82, 2.24) is 9.97 Å².